The van der Waals surface area contributed by atoms with Gasteiger partial charge in [0.1, 0.15) is 6.10 Å². The van der Waals surface area contributed by atoms with Crippen LogP contribution in [0.4, 0.5) is 0 Å². The highest BCUT2D eigenvalue weighted by atomic mass is 32.1. The molecule has 2 aliphatic rings. The number of thiophene rings is 1. The van der Waals surface area contributed by atoms with Crippen LogP contribution in [0.25, 0.3) is 0 Å². The second kappa shape index (κ2) is 3.58. The lowest BCUT2D eigenvalue weighted by molar-refractivity contribution is 0.0573. The van der Waals surface area contributed by atoms with Gasteiger partial charge < -0.3 is 10.1 Å². The van der Waals surface area contributed by atoms with E-state index in [9.17, 15) is 0 Å². The average molecular weight is 223 g/mol. The van der Waals surface area contributed by atoms with Crippen molar-refractivity contribution in [3.8, 4) is 0 Å². The molecule has 0 bridgehead atoms. The first-order chi connectivity index (χ1) is 7.36. The molecule has 3 rings (SSSR count). The van der Waals surface area contributed by atoms with Crippen LogP contribution >= 0.6 is 11.3 Å². The molecule has 1 aromatic heterocycles. The predicted molar refractivity (Wildman–Crippen MR) is 62.5 cm³/mol. The molecule has 1 atom stereocenters. The Hall–Kier alpha value is -0.380. The summed E-state index contributed by atoms with van der Waals surface area (Å²) in [6.45, 7) is 1.86. The molecular formula is C12H17NOS. The zero-order valence-corrected chi connectivity index (χ0v) is 9.90. The van der Waals surface area contributed by atoms with Crippen molar-refractivity contribution in [2.75, 3.05) is 20.2 Å². The summed E-state index contributed by atoms with van der Waals surface area (Å²) in [6.07, 6.45) is 4.24. The number of ether oxygens (including phenoxy) is 1. The minimum absolute atomic E-state index is 0.282. The summed E-state index contributed by atoms with van der Waals surface area (Å²) in [5.41, 5.74) is 2.10. The standard InChI is InChI=1S/C12H17NOS/c1-13-8-10-11-9(2-7-15-11)12(3-4-12)5-6-14-10/h2,7,10,13H,3-6,8H2,1H3. The lowest BCUT2D eigenvalue weighted by Crippen LogP contribution is -2.18. The molecule has 0 radical (unpaired) electrons. The summed E-state index contributed by atoms with van der Waals surface area (Å²) in [7, 11) is 1.99. The van der Waals surface area contributed by atoms with Gasteiger partial charge in [-0.2, -0.15) is 0 Å². The van der Waals surface area contributed by atoms with Gasteiger partial charge in [-0.25, -0.2) is 0 Å². The molecule has 0 aromatic carbocycles. The van der Waals surface area contributed by atoms with Crippen LogP contribution < -0.4 is 5.32 Å². The Morgan fingerprint density at radius 1 is 1.53 bits per heavy atom. The van der Waals surface area contributed by atoms with Crippen LogP contribution in [0.2, 0.25) is 0 Å². The lowest BCUT2D eigenvalue weighted by atomic mass is 9.93. The maximum Gasteiger partial charge on any atom is 0.104 e. The minimum atomic E-state index is 0.282. The third-order valence-electron chi connectivity index (χ3n) is 3.70. The van der Waals surface area contributed by atoms with Crippen LogP contribution in [-0.4, -0.2) is 20.2 Å². The third kappa shape index (κ3) is 1.53. The number of hydrogen-bond donors (Lipinski definition) is 1. The molecule has 0 amide bonds. The van der Waals surface area contributed by atoms with E-state index in [1.54, 1.807) is 5.56 Å². The Balaban J connectivity index is 1.97. The van der Waals surface area contributed by atoms with Gasteiger partial charge in [0.25, 0.3) is 0 Å². The van der Waals surface area contributed by atoms with Crippen molar-refractivity contribution in [1.29, 1.82) is 0 Å². The van der Waals surface area contributed by atoms with Crippen LogP contribution in [-0.2, 0) is 10.2 Å². The van der Waals surface area contributed by atoms with Gasteiger partial charge in [-0.3, -0.25) is 0 Å². The van der Waals surface area contributed by atoms with E-state index in [1.807, 2.05) is 18.4 Å². The van der Waals surface area contributed by atoms with Crippen molar-refractivity contribution < 1.29 is 4.74 Å². The fourth-order valence-electron chi connectivity index (χ4n) is 2.62. The van der Waals surface area contributed by atoms with Crippen molar-refractivity contribution in [2.45, 2.75) is 30.8 Å². The van der Waals surface area contributed by atoms with Gasteiger partial charge in [0, 0.05) is 18.0 Å². The van der Waals surface area contributed by atoms with Gasteiger partial charge in [-0.1, -0.05) is 0 Å². The Morgan fingerprint density at radius 2 is 2.40 bits per heavy atom. The Morgan fingerprint density at radius 3 is 3.13 bits per heavy atom. The van der Waals surface area contributed by atoms with Gasteiger partial charge in [-0.15, -0.1) is 11.3 Å². The van der Waals surface area contributed by atoms with Gasteiger partial charge in [-0.05, 0) is 48.7 Å². The molecule has 2 heterocycles. The average Bonchev–Trinajstić information content (AvgIpc) is 2.89. The molecule has 0 saturated heterocycles. The zero-order valence-electron chi connectivity index (χ0n) is 9.08. The van der Waals surface area contributed by atoms with Crippen LogP contribution in [0.5, 0.6) is 0 Å². The van der Waals surface area contributed by atoms with E-state index in [-0.39, 0.29) is 6.10 Å². The van der Waals surface area contributed by atoms with Gasteiger partial charge in [0.15, 0.2) is 0 Å². The van der Waals surface area contributed by atoms with E-state index in [2.05, 4.69) is 16.8 Å². The van der Waals surface area contributed by atoms with E-state index >= 15 is 0 Å². The number of rotatable bonds is 2. The van der Waals surface area contributed by atoms with E-state index in [0.29, 0.717) is 5.41 Å². The number of fused-ring (bicyclic) bond motifs is 2. The molecule has 1 saturated carbocycles. The van der Waals surface area contributed by atoms with Crippen LogP contribution in [0.1, 0.15) is 35.8 Å². The minimum Gasteiger partial charge on any atom is -0.371 e. The lowest BCUT2D eigenvalue weighted by Gasteiger charge is -2.15. The Kier molecular flexibility index (Phi) is 2.34. The summed E-state index contributed by atoms with van der Waals surface area (Å²) in [5.74, 6) is 0. The molecule has 1 aromatic rings. The third-order valence-corrected chi connectivity index (χ3v) is 4.71. The highest BCUT2D eigenvalue weighted by Gasteiger charge is 2.47. The topological polar surface area (TPSA) is 21.3 Å². The van der Waals surface area contributed by atoms with E-state index in [1.165, 1.54) is 24.1 Å². The maximum absolute atomic E-state index is 5.95. The quantitative estimate of drug-likeness (QED) is 0.831. The Labute approximate surface area is 94.6 Å². The number of hydrogen-bond acceptors (Lipinski definition) is 3. The molecule has 1 spiro atoms. The van der Waals surface area contributed by atoms with E-state index in [0.717, 1.165) is 13.2 Å². The first-order valence-corrected chi connectivity index (χ1v) is 6.58. The molecule has 1 aliphatic carbocycles. The highest BCUT2D eigenvalue weighted by Crippen LogP contribution is 2.55. The molecule has 3 heteroatoms. The van der Waals surface area contributed by atoms with E-state index < -0.39 is 0 Å². The molecule has 2 nitrogen and oxygen atoms in total. The molecule has 82 valence electrons. The molecular weight excluding hydrogens is 206 g/mol. The maximum atomic E-state index is 5.95. The van der Waals surface area contributed by atoms with Crippen molar-refractivity contribution in [1.82, 2.24) is 5.32 Å². The van der Waals surface area contributed by atoms with Crippen molar-refractivity contribution in [2.24, 2.45) is 0 Å². The first kappa shape index (κ1) is 9.82. The molecule has 1 fully saturated rings. The van der Waals surface area contributed by atoms with Gasteiger partial charge in [0.2, 0.25) is 0 Å². The second-order valence-corrected chi connectivity index (χ2v) is 5.59. The van der Waals surface area contributed by atoms with Crippen LogP contribution in [0.3, 0.4) is 0 Å². The fourth-order valence-corrected chi connectivity index (χ4v) is 3.69. The molecule has 1 N–H and O–H groups in total. The summed E-state index contributed by atoms with van der Waals surface area (Å²) in [5, 5.41) is 5.45. The molecule has 15 heavy (non-hydrogen) atoms. The fraction of sp³-hybridized carbons (Fsp3) is 0.667. The van der Waals surface area contributed by atoms with Crippen molar-refractivity contribution in [3.63, 3.8) is 0 Å². The summed E-state index contributed by atoms with van der Waals surface area (Å²) in [6, 6.07) is 2.32. The SMILES string of the molecule is CNCC1OCCC2(CC2)c2ccsc21. The van der Waals surface area contributed by atoms with Crippen LogP contribution in [0.15, 0.2) is 11.4 Å². The summed E-state index contributed by atoms with van der Waals surface area (Å²) >= 11 is 1.86. The summed E-state index contributed by atoms with van der Waals surface area (Å²) in [4.78, 5) is 1.47. The zero-order chi connectivity index (χ0) is 10.3. The van der Waals surface area contributed by atoms with E-state index in [4.69, 9.17) is 4.74 Å². The second-order valence-electron chi connectivity index (χ2n) is 4.65. The number of likely N-dealkylation sites (N-methyl/N-ethyl adjacent to an activating group) is 1. The first-order valence-electron chi connectivity index (χ1n) is 5.70. The Bertz CT molecular complexity index is 356. The normalized spacial score (nSPS) is 27.4. The molecule has 1 aliphatic heterocycles. The van der Waals surface area contributed by atoms with Crippen molar-refractivity contribution in [3.05, 3.63) is 21.9 Å². The monoisotopic (exact) mass is 223 g/mol. The largest absolute Gasteiger partial charge is 0.371 e. The highest BCUT2D eigenvalue weighted by molar-refractivity contribution is 7.10. The van der Waals surface area contributed by atoms with Gasteiger partial charge in [0.05, 0.1) is 0 Å². The summed E-state index contributed by atoms with van der Waals surface area (Å²) < 4.78 is 5.95. The van der Waals surface area contributed by atoms with Gasteiger partial charge >= 0.3 is 0 Å². The van der Waals surface area contributed by atoms with Crippen molar-refractivity contribution >= 4 is 11.3 Å². The number of nitrogens with one attached hydrogen (secondary N) is 1. The smallest absolute Gasteiger partial charge is 0.104 e. The van der Waals surface area contributed by atoms with Crippen LogP contribution in [0, 0.1) is 0 Å². The predicted octanol–water partition coefficient (Wildman–Crippen LogP) is 2.46. The molecule has 1 unspecified atom stereocenters.